The van der Waals surface area contributed by atoms with Gasteiger partial charge in [-0.3, -0.25) is 9.89 Å². The number of nitrogens with zero attached hydrogens (tertiary/aromatic N) is 3. The smallest absolute Gasteiger partial charge is 0.401 e. The Morgan fingerprint density at radius 1 is 1.33 bits per heavy atom. The van der Waals surface area contributed by atoms with Crippen molar-refractivity contribution in [1.29, 1.82) is 0 Å². The zero-order valence-electron chi connectivity index (χ0n) is 18.0. The Labute approximate surface area is 177 Å². The third-order valence-corrected chi connectivity index (χ3v) is 5.08. The van der Waals surface area contributed by atoms with Gasteiger partial charge in [-0.2, -0.15) is 13.2 Å². The van der Waals surface area contributed by atoms with Gasteiger partial charge < -0.3 is 19.7 Å². The number of likely N-dealkylation sites (tertiary alicyclic amines) is 1. The van der Waals surface area contributed by atoms with E-state index >= 15 is 0 Å². The summed E-state index contributed by atoms with van der Waals surface area (Å²) in [7, 11) is 3.35. The highest BCUT2D eigenvalue weighted by atomic mass is 19.4. The van der Waals surface area contributed by atoms with Gasteiger partial charge in [0.05, 0.1) is 20.3 Å². The number of aliphatic imine (C=N–C) groups is 1. The Hall–Kier alpha value is -2.16. The Balaban J connectivity index is 1.69. The van der Waals surface area contributed by atoms with Crippen LogP contribution < -0.4 is 14.8 Å². The summed E-state index contributed by atoms with van der Waals surface area (Å²) < 4.78 is 48.9. The van der Waals surface area contributed by atoms with Gasteiger partial charge >= 0.3 is 6.18 Å². The zero-order chi connectivity index (χ0) is 22.0. The average molecular weight is 431 g/mol. The third kappa shape index (κ3) is 8.30. The molecule has 1 heterocycles. The van der Waals surface area contributed by atoms with Crippen LogP contribution in [0.2, 0.25) is 0 Å². The highest BCUT2D eigenvalue weighted by molar-refractivity contribution is 5.80. The lowest BCUT2D eigenvalue weighted by Gasteiger charge is -2.26. The van der Waals surface area contributed by atoms with Crippen LogP contribution >= 0.6 is 0 Å². The van der Waals surface area contributed by atoms with Crippen molar-refractivity contribution in [3.05, 3.63) is 24.3 Å². The van der Waals surface area contributed by atoms with Crippen LogP contribution in [0.3, 0.4) is 0 Å². The van der Waals surface area contributed by atoms with Crippen LogP contribution in [0.1, 0.15) is 19.8 Å². The average Bonchev–Trinajstić information content (AvgIpc) is 3.17. The van der Waals surface area contributed by atoms with Crippen LogP contribution in [-0.4, -0.2) is 82.0 Å². The minimum Gasteiger partial charge on any atom is -0.497 e. The van der Waals surface area contributed by atoms with Crippen molar-refractivity contribution < 1.29 is 22.6 Å². The molecule has 6 nitrogen and oxygen atoms in total. The monoisotopic (exact) mass is 430 g/mol. The molecule has 1 saturated heterocycles. The van der Waals surface area contributed by atoms with E-state index in [0.717, 1.165) is 36.8 Å². The van der Waals surface area contributed by atoms with E-state index in [-0.39, 0.29) is 5.92 Å². The minimum absolute atomic E-state index is 0.210. The van der Waals surface area contributed by atoms with Crippen LogP contribution in [0.4, 0.5) is 13.2 Å². The number of ether oxygens (including phenoxy) is 2. The van der Waals surface area contributed by atoms with Crippen LogP contribution in [0.5, 0.6) is 11.5 Å². The van der Waals surface area contributed by atoms with E-state index in [1.807, 2.05) is 24.3 Å². The van der Waals surface area contributed by atoms with Gasteiger partial charge in [-0.25, -0.2) is 0 Å². The fraction of sp³-hybridized carbons (Fsp3) is 0.667. The van der Waals surface area contributed by atoms with Gasteiger partial charge in [-0.1, -0.05) is 13.0 Å². The Bertz CT molecular complexity index is 670. The molecule has 0 amide bonds. The highest BCUT2D eigenvalue weighted by Gasteiger charge is 2.32. The number of alkyl halides is 3. The summed E-state index contributed by atoms with van der Waals surface area (Å²) in [6, 6.07) is 7.48. The molecule has 1 aliphatic rings. The summed E-state index contributed by atoms with van der Waals surface area (Å²) in [5.74, 6) is 2.52. The van der Waals surface area contributed by atoms with Crippen LogP contribution in [-0.2, 0) is 0 Å². The molecule has 0 aromatic heterocycles. The molecule has 0 spiro atoms. The van der Waals surface area contributed by atoms with Crippen molar-refractivity contribution in [2.24, 2.45) is 10.9 Å². The summed E-state index contributed by atoms with van der Waals surface area (Å²) in [4.78, 5) is 7.91. The van der Waals surface area contributed by atoms with Gasteiger partial charge in [0.1, 0.15) is 11.5 Å². The molecule has 1 fully saturated rings. The quantitative estimate of drug-likeness (QED) is 0.351. The van der Waals surface area contributed by atoms with E-state index in [2.05, 4.69) is 15.2 Å². The maximum absolute atomic E-state index is 12.7. The number of nitrogens with one attached hydrogen (secondary N) is 1. The second-order valence-electron chi connectivity index (χ2n) is 7.40. The first-order chi connectivity index (χ1) is 14.3. The molecule has 1 N–H and O–H groups in total. The maximum Gasteiger partial charge on any atom is 0.401 e. The standard InChI is InChI=1S/C21H33F3N4O2/c1-4-27(16-21(22,23)24)14-17-9-11-28(15-17)20(25-2)26-10-6-12-30-19-8-5-7-18(13-19)29-3/h5,7-8,13,17H,4,6,9-12,14-16H2,1-3H3,(H,25,26). The van der Waals surface area contributed by atoms with Crippen LogP contribution in [0, 0.1) is 5.92 Å². The molecule has 0 aliphatic carbocycles. The first-order valence-electron chi connectivity index (χ1n) is 10.4. The molecule has 170 valence electrons. The number of halogens is 3. The zero-order valence-corrected chi connectivity index (χ0v) is 18.0. The molecule has 1 aromatic carbocycles. The van der Waals surface area contributed by atoms with Crippen molar-refractivity contribution in [2.75, 3.05) is 60.0 Å². The van der Waals surface area contributed by atoms with Gasteiger partial charge in [0.25, 0.3) is 0 Å². The molecule has 1 unspecified atom stereocenters. The molecule has 9 heteroatoms. The lowest BCUT2D eigenvalue weighted by Crippen LogP contribution is -2.42. The third-order valence-electron chi connectivity index (χ3n) is 5.08. The van der Waals surface area contributed by atoms with Gasteiger partial charge in [0.15, 0.2) is 5.96 Å². The SMILES string of the molecule is CCN(CC1CCN(C(=NC)NCCCOc2cccc(OC)c2)C1)CC(F)(F)F. The van der Waals surface area contributed by atoms with Crippen molar-refractivity contribution >= 4 is 5.96 Å². The Morgan fingerprint density at radius 3 is 2.77 bits per heavy atom. The topological polar surface area (TPSA) is 49.3 Å². The second-order valence-corrected chi connectivity index (χ2v) is 7.40. The minimum atomic E-state index is -4.15. The van der Waals surface area contributed by atoms with Gasteiger partial charge in [0, 0.05) is 39.3 Å². The number of rotatable bonds is 10. The van der Waals surface area contributed by atoms with E-state index in [9.17, 15) is 13.2 Å². The Morgan fingerprint density at radius 2 is 2.10 bits per heavy atom. The normalized spacial score (nSPS) is 17.5. The number of hydrogen-bond acceptors (Lipinski definition) is 4. The molecule has 30 heavy (non-hydrogen) atoms. The molecule has 2 rings (SSSR count). The van der Waals surface area contributed by atoms with Crippen molar-refractivity contribution in [3.8, 4) is 11.5 Å². The molecule has 0 radical (unpaired) electrons. The molecule has 0 bridgehead atoms. The summed E-state index contributed by atoms with van der Waals surface area (Å²) in [6.07, 6.45) is -2.49. The van der Waals surface area contributed by atoms with Crippen molar-refractivity contribution in [1.82, 2.24) is 15.1 Å². The van der Waals surface area contributed by atoms with Gasteiger partial charge in [-0.05, 0) is 37.4 Å². The number of benzene rings is 1. The molecule has 1 aliphatic heterocycles. The fourth-order valence-electron chi connectivity index (χ4n) is 3.58. The first kappa shape index (κ1) is 24.1. The summed E-state index contributed by atoms with van der Waals surface area (Å²) in [5, 5.41) is 3.32. The fourth-order valence-corrected chi connectivity index (χ4v) is 3.58. The summed E-state index contributed by atoms with van der Waals surface area (Å²) >= 11 is 0. The van der Waals surface area contributed by atoms with Gasteiger partial charge in [-0.15, -0.1) is 0 Å². The lowest BCUT2D eigenvalue weighted by molar-refractivity contribution is -0.146. The first-order valence-corrected chi connectivity index (χ1v) is 10.4. The summed E-state index contributed by atoms with van der Waals surface area (Å²) in [6.45, 7) is 4.55. The number of methoxy groups -OCH3 is 1. The van der Waals surface area contributed by atoms with E-state index in [1.165, 1.54) is 4.90 Å². The maximum atomic E-state index is 12.7. The number of guanidine groups is 1. The highest BCUT2D eigenvalue weighted by Crippen LogP contribution is 2.21. The van der Waals surface area contributed by atoms with E-state index < -0.39 is 12.7 Å². The second kappa shape index (κ2) is 11.9. The predicted molar refractivity (Wildman–Crippen MR) is 112 cm³/mol. The van der Waals surface area contributed by atoms with Crippen LogP contribution in [0.15, 0.2) is 29.3 Å². The lowest BCUT2D eigenvalue weighted by atomic mass is 10.1. The molecule has 0 saturated carbocycles. The summed E-state index contributed by atoms with van der Waals surface area (Å²) in [5.41, 5.74) is 0. The largest absolute Gasteiger partial charge is 0.497 e. The van der Waals surface area contributed by atoms with E-state index in [1.54, 1.807) is 21.1 Å². The van der Waals surface area contributed by atoms with Crippen molar-refractivity contribution in [3.63, 3.8) is 0 Å². The molecule has 1 atom stereocenters. The van der Waals surface area contributed by atoms with Crippen molar-refractivity contribution in [2.45, 2.75) is 25.9 Å². The van der Waals surface area contributed by atoms with E-state index in [0.29, 0.717) is 32.8 Å². The van der Waals surface area contributed by atoms with Crippen LogP contribution in [0.25, 0.3) is 0 Å². The molecule has 1 aromatic rings. The molecular formula is C21H33F3N4O2. The Kier molecular flexibility index (Phi) is 9.55. The predicted octanol–water partition coefficient (Wildman–Crippen LogP) is 3.25. The van der Waals surface area contributed by atoms with Gasteiger partial charge in [0.2, 0.25) is 0 Å². The number of hydrogen-bond donors (Lipinski definition) is 1. The molecular weight excluding hydrogens is 397 g/mol. The van der Waals surface area contributed by atoms with E-state index in [4.69, 9.17) is 9.47 Å².